The van der Waals surface area contributed by atoms with Crippen LogP contribution in [0.4, 0.5) is 14.5 Å². The Morgan fingerprint density at radius 1 is 1.30 bits per heavy atom. The zero-order valence-electron chi connectivity index (χ0n) is 17.2. The van der Waals surface area contributed by atoms with E-state index >= 15 is 0 Å². The number of anilines is 1. The minimum atomic E-state index is -0.585. The number of carbonyl (C=O) groups excluding carboxylic acids is 1. The second-order valence-corrected chi connectivity index (χ2v) is 8.15. The molecule has 0 saturated carbocycles. The normalized spacial score (nSPS) is 22.5. The number of para-hydroxylation sites is 1. The van der Waals surface area contributed by atoms with E-state index in [9.17, 15) is 13.6 Å². The average Bonchev–Trinajstić information content (AvgIpc) is 3.30. The number of carbonyl (C=O) groups is 1. The monoisotopic (exact) mass is 416 g/mol. The first-order valence-corrected chi connectivity index (χ1v) is 10.1. The third-order valence-electron chi connectivity index (χ3n) is 6.11. The summed E-state index contributed by atoms with van der Waals surface area (Å²) in [5.41, 5.74) is 2.23. The lowest BCUT2D eigenvalue weighted by Gasteiger charge is -2.25. The lowest BCUT2D eigenvalue weighted by Crippen LogP contribution is -2.39. The number of fused-ring (bicyclic) bond motifs is 2. The van der Waals surface area contributed by atoms with E-state index in [2.05, 4.69) is 11.0 Å². The molecule has 7 heteroatoms. The summed E-state index contributed by atoms with van der Waals surface area (Å²) in [4.78, 5) is 16.5. The number of amides is 1. The minimum Gasteiger partial charge on any atom is -0.383 e. The summed E-state index contributed by atoms with van der Waals surface area (Å²) in [5.74, 6) is -1.19. The molecule has 0 unspecified atom stereocenters. The highest BCUT2D eigenvalue weighted by Gasteiger charge is 2.50. The van der Waals surface area contributed by atoms with Gasteiger partial charge in [0, 0.05) is 56.5 Å². The summed E-state index contributed by atoms with van der Waals surface area (Å²) in [5, 5.41) is 0. The molecule has 0 aromatic heterocycles. The highest BCUT2D eigenvalue weighted by Crippen LogP contribution is 2.48. The standard InChI is InChI=1S/C23H26F2N2O3/c1-26(9-10-29-2)22(28)21-12-23(15-30-21)14-27(20-6-4-3-5-18(20)23)13-16-7-8-17(24)11-19(16)25/h3-8,11,21H,9-10,12-15H2,1-2H3/t21-,23-/m1/s1. The molecule has 5 nitrogen and oxygen atoms in total. The van der Waals surface area contributed by atoms with E-state index in [4.69, 9.17) is 9.47 Å². The van der Waals surface area contributed by atoms with Gasteiger partial charge in [-0.3, -0.25) is 4.79 Å². The van der Waals surface area contributed by atoms with Crippen LogP contribution in [0.5, 0.6) is 0 Å². The second kappa shape index (κ2) is 8.32. The van der Waals surface area contributed by atoms with Crippen LogP contribution in [0.15, 0.2) is 42.5 Å². The van der Waals surface area contributed by atoms with Crippen molar-refractivity contribution in [2.45, 2.75) is 24.5 Å². The highest BCUT2D eigenvalue weighted by molar-refractivity contribution is 5.81. The zero-order valence-corrected chi connectivity index (χ0v) is 17.2. The van der Waals surface area contributed by atoms with Gasteiger partial charge in [0.25, 0.3) is 5.91 Å². The number of nitrogens with zero attached hydrogens (tertiary/aromatic N) is 2. The molecule has 2 aliphatic heterocycles. The van der Waals surface area contributed by atoms with Gasteiger partial charge < -0.3 is 19.3 Å². The first-order valence-electron chi connectivity index (χ1n) is 10.1. The summed E-state index contributed by atoms with van der Waals surface area (Å²) < 4.78 is 38.6. The van der Waals surface area contributed by atoms with E-state index < -0.39 is 17.7 Å². The number of halogens is 2. The van der Waals surface area contributed by atoms with Crippen LogP contribution in [0.2, 0.25) is 0 Å². The first-order chi connectivity index (χ1) is 14.4. The van der Waals surface area contributed by atoms with Crippen LogP contribution in [-0.2, 0) is 26.2 Å². The van der Waals surface area contributed by atoms with Crippen molar-refractivity contribution in [1.29, 1.82) is 0 Å². The number of ether oxygens (including phenoxy) is 2. The Morgan fingerprint density at radius 3 is 2.87 bits per heavy atom. The van der Waals surface area contributed by atoms with Crippen molar-refractivity contribution in [2.75, 3.05) is 45.4 Å². The quantitative estimate of drug-likeness (QED) is 0.726. The number of likely N-dealkylation sites (N-methyl/N-ethyl adjacent to an activating group) is 1. The van der Waals surface area contributed by atoms with Gasteiger partial charge in [-0.25, -0.2) is 8.78 Å². The van der Waals surface area contributed by atoms with E-state index in [1.54, 1.807) is 19.1 Å². The lowest BCUT2D eigenvalue weighted by molar-refractivity contribution is -0.140. The van der Waals surface area contributed by atoms with Gasteiger partial charge in [-0.15, -0.1) is 0 Å². The third-order valence-corrected chi connectivity index (χ3v) is 6.11. The molecule has 2 aliphatic rings. The number of benzene rings is 2. The fourth-order valence-corrected chi connectivity index (χ4v) is 4.50. The highest BCUT2D eigenvalue weighted by atomic mass is 19.1. The molecular formula is C23H26F2N2O3. The molecule has 0 bridgehead atoms. The maximum absolute atomic E-state index is 14.3. The predicted molar refractivity (Wildman–Crippen MR) is 109 cm³/mol. The maximum Gasteiger partial charge on any atom is 0.251 e. The summed E-state index contributed by atoms with van der Waals surface area (Å²) in [6.07, 6.45) is 0.0603. The minimum absolute atomic E-state index is 0.0514. The van der Waals surface area contributed by atoms with Crippen molar-refractivity contribution >= 4 is 11.6 Å². The molecule has 0 N–H and O–H groups in total. The van der Waals surface area contributed by atoms with Gasteiger partial charge in [-0.05, 0) is 24.1 Å². The smallest absolute Gasteiger partial charge is 0.251 e. The van der Waals surface area contributed by atoms with Crippen LogP contribution in [0.3, 0.4) is 0 Å². The van der Waals surface area contributed by atoms with E-state index in [0.29, 0.717) is 44.8 Å². The molecule has 0 radical (unpaired) electrons. The van der Waals surface area contributed by atoms with Crippen molar-refractivity contribution in [1.82, 2.24) is 4.90 Å². The van der Waals surface area contributed by atoms with Gasteiger partial charge in [0.15, 0.2) is 0 Å². The fourth-order valence-electron chi connectivity index (χ4n) is 4.50. The van der Waals surface area contributed by atoms with Crippen LogP contribution in [-0.4, -0.2) is 57.4 Å². The summed E-state index contributed by atoms with van der Waals surface area (Å²) >= 11 is 0. The van der Waals surface area contributed by atoms with E-state index in [1.165, 1.54) is 12.1 Å². The van der Waals surface area contributed by atoms with Gasteiger partial charge in [-0.2, -0.15) is 0 Å². The molecule has 1 spiro atoms. The van der Waals surface area contributed by atoms with Gasteiger partial charge in [0.05, 0.1) is 13.2 Å². The van der Waals surface area contributed by atoms with Crippen LogP contribution < -0.4 is 4.90 Å². The molecule has 30 heavy (non-hydrogen) atoms. The van der Waals surface area contributed by atoms with Crippen molar-refractivity contribution in [3.8, 4) is 0 Å². The van der Waals surface area contributed by atoms with Crippen molar-refractivity contribution < 1.29 is 23.0 Å². The van der Waals surface area contributed by atoms with Crippen molar-refractivity contribution in [2.24, 2.45) is 0 Å². The van der Waals surface area contributed by atoms with Gasteiger partial charge in [-0.1, -0.05) is 24.3 Å². The van der Waals surface area contributed by atoms with E-state index in [0.717, 1.165) is 17.3 Å². The lowest BCUT2D eigenvalue weighted by atomic mass is 9.80. The third kappa shape index (κ3) is 3.79. The molecule has 2 aromatic rings. The van der Waals surface area contributed by atoms with Gasteiger partial charge in [0.1, 0.15) is 17.7 Å². The van der Waals surface area contributed by atoms with Crippen molar-refractivity contribution in [3.05, 3.63) is 65.2 Å². The topological polar surface area (TPSA) is 42.0 Å². The van der Waals surface area contributed by atoms with E-state index in [1.807, 2.05) is 18.2 Å². The maximum atomic E-state index is 14.3. The summed E-state index contributed by atoms with van der Waals surface area (Å²) in [7, 11) is 3.36. The molecule has 1 fully saturated rings. The van der Waals surface area contributed by atoms with Crippen molar-refractivity contribution in [3.63, 3.8) is 0 Å². The second-order valence-electron chi connectivity index (χ2n) is 8.15. The predicted octanol–water partition coefficient (Wildman–Crippen LogP) is 3.12. The van der Waals surface area contributed by atoms with Crippen LogP contribution in [0.1, 0.15) is 17.5 Å². The van der Waals surface area contributed by atoms with Gasteiger partial charge in [0.2, 0.25) is 0 Å². The Bertz CT molecular complexity index is 938. The Morgan fingerprint density at radius 2 is 2.10 bits per heavy atom. The number of methoxy groups -OCH3 is 1. The van der Waals surface area contributed by atoms with Crippen LogP contribution in [0, 0.1) is 11.6 Å². The van der Waals surface area contributed by atoms with Crippen LogP contribution >= 0.6 is 0 Å². The van der Waals surface area contributed by atoms with Gasteiger partial charge >= 0.3 is 0 Å². The fraction of sp³-hybridized carbons (Fsp3) is 0.435. The molecule has 160 valence electrons. The SMILES string of the molecule is COCCN(C)C(=O)[C@H]1C[C@]2(CO1)CN(Cc1ccc(F)cc1F)c1ccccc12. The van der Waals surface area contributed by atoms with Crippen LogP contribution in [0.25, 0.3) is 0 Å². The Balaban J connectivity index is 1.55. The summed E-state index contributed by atoms with van der Waals surface area (Å²) in [6, 6.07) is 11.7. The molecule has 0 aliphatic carbocycles. The molecular weight excluding hydrogens is 390 g/mol. The molecule has 2 atom stereocenters. The molecule has 4 rings (SSSR count). The molecule has 1 amide bonds. The largest absolute Gasteiger partial charge is 0.383 e. The molecule has 2 aromatic carbocycles. The first kappa shape index (κ1) is 20.8. The number of hydrogen-bond acceptors (Lipinski definition) is 4. The Labute approximate surface area is 175 Å². The average molecular weight is 416 g/mol. The zero-order chi connectivity index (χ0) is 21.3. The summed E-state index contributed by atoms with van der Waals surface area (Å²) in [6.45, 7) is 2.36. The van der Waals surface area contributed by atoms with E-state index in [-0.39, 0.29) is 11.3 Å². The molecule has 1 saturated heterocycles. The Kier molecular flexibility index (Phi) is 5.75. The number of hydrogen-bond donors (Lipinski definition) is 0. The number of rotatable bonds is 6. The molecule has 2 heterocycles. The Hall–Kier alpha value is -2.51.